The number of amides is 2. The van der Waals surface area contributed by atoms with Gasteiger partial charge in [0.25, 0.3) is 0 Å². The second kappa shape index (κ2) is 4.72. The van der Waals surface area contributed by atoms with Crippen molar-refractivity contribution in [3.05, 3.63) is 35.7 Å². The van der Waals surface area contributed by atoms with E-state index in [-0.39, 0.29) is 0 Å². The third-order valence-corrected chi connectivity index (χ3v) is 7.12. The van der Waals surface area contributed by atoms with Gasteiger partial charge >= 0.3 is 0 Å². The van der Waals surface area contributed by atoms with E-state index in [1.165, 1.54) is 14.2 Å². The molecule has 2 amide bonds. The average Bonchev–Trinajstić information content (AvgIpc) is 3.10. The Morgan fingerprint density at radius 2 is 1.35 bits per heavy atom. The SMILES string of the molecule is COC1(OC)[C@@]2(Cl)c3nc4ccccc4nc3[C@]1(Cl)[C@@H]1C(=O)NC(=O)[C@@H]12. The Balaban J connectivity index is 1.94. The molecule has 4 atom stereocenters. The maximum atomic E-state index is 12.6. The number of fused-ring (bicyclic) bond motifs is 9. The first-order chi connectivity index (χ1) is 12.4. The van der Waals surface area contributed by atoms with E-state index in [1.54, 1.807) is 12.1 Å². The normalized spacial score (nSPS) is 36.3. The minimum Gasteiger partial charge on any atom is -0.349 e. The van der Waals surface area contributed by atoms with Crippen LogP contribution in [0.15, 0.2) is 24.3 Å². The lowest BCUT2D eigenvalue weighted by molar-refractivity contribution is -0.238. The van der Waals surface area contributed by atoms with Crippen LogP contribution in [0.1, 0.15) is 11.4 Å². The summed E-state index contributed by atoms with van der Waals surface area (Å²) in [7, 11) is 2.76. The van der Waals surface area contributed by atoms with E-state index in [0.29, 0.717) is 22.4 Å². The van der Waals surface area contributed by atoms with E-state index in [4.69, 9.17) is 32.7 Å². The van der Waals surface area contributed by atoms with Crippen molar-refractivity contribution in [1.29, 1.82) is 0 Å². The molecular weight excluding hydrogens is 381 g/mol. The summed E-state index contributed by atoms with van der Waals surface area (Å²) in [4.78, 5) is 31.2. The van der Waals surface area contributed by atoms with E-state index in [9.17, 15) is 9.59 Å². The van der Waals surface area contributed by atoms with Crippen molar-refractivity contribution in [2.24, 2.45) is 11.8 Å². The van der Waals surface area contributed by atoms with Crippen LogP contribution in [0.4, 0.5) is 0 Å². The highest BCUT2D eigenvalue weighted by Crippen LogP contribution is 2.76. The van der Waals surface area contributed by atoms with Crippen molar-refractivity contribution in [3.63, 3.8) is 0 Å². The number of alkyl halides is 2. The number of nitrogens with zero attached hydrogens (tertiary/aromatic N) is 2. The van der Waals surface area contributed by atoms with Crippen molar-refractivity contribution in [2.45, 2.75) is 15.5 Å². The Morgan fingerprint density at radius 3 is 1.73 bits per heavy atom. The van der Waals surface area contributed by atoms with Gasteiger partial charge in [0.05, 0.1) is 34.3 Å². The molecule has 7 nitrogen and oxygen atoms in total. The molecule has 26 heavy (non-hydrogen) atoms. The lowest BCUT2D eigenvalue weighted by Gasteiger charge is -2.40. The first-order valence-electron chi connectivity index (χ1n) is 7.97. The van der Waals surface area contributed by atoms with Crippen LogP contribution in [-0.2, 0) is 28.8 Å². The molecule has 9 heteroatoms. The summed E-state index contributed by atoms with van der Waals surface area (Å²) in [5.74, 6) is -4.66. The Morgan fingerprint density at radius 1 is 0.923 bits per heavy atom. The first-order valence-corrected chi connectivity index (χ1v) is 8.73. The number of methoxy groups -OCH3 is 2. The third-order valence-electron chi connectivity index (χ3n) is 5.79. The van der Waals surface area contributed by atoms with Crippen molar-refractivity contribution in [1.82, 2.24) is 15.3 Å². The number of imide groups is 1. The molecule has 3 aliphatic rings. The van der Waals surface area contributed by atoms with E-state index in [1.807, 2.05) is 12.1 Å². The van der Waals surface area contributed by atoms with Gasteiger partial charge in [-0.25, -0.2) is 9.97 Å². The third kappa shape index (κ3) is 1.37. The van der Waals surface area contributed by atoms with Gasteiger partial charge in [-0.3, -0.25) is 14.9 Å². The number of aromatic nitrogens is 2. The molecule has 0 radical (unpaired) electrons. The van der Waals surface area contributed by atoms with E-state index < -0.39 is 39.2 Å². The van der Waals surface area contributed by atoms with Crippen LogP contribution in [0, 0.1) is 11.8 Å². The number of carbonyl (C=O) groups is 2. The summed E-state index contributed by atoms with van der Waals surface area (Å²) in [6.45, 7) is 0. The molecule has 2 heterocycles. The van der Waals surface area contributed by atoms with Gasteiger partial charge in [0.15, 0.2) is 9.75 Å². The summed E-state index contributed by atoms with van der Waals surface area (Å²) in [6, 6.07) is 7.22. The lowest BCUT2D eigenvalue weighted by Crippen LogP contribution is -2.56. The van der Waals surface area contributed by atoms with Crippen molar-refractivity contribution >= 4 is 46.0 Å². The van der Waals surface area contributed by atoms with Crippen LogP contribution in [0.25, 0.3) is 11.0 Å². The van der Waals surface area contributed by atoms with Gasteiger partial charge in [0, 0.05) is 14.2 Å². The van der Waals surface area contributed by atoms with Gasteiger partial charge < -0.3 is 9.47 Å². The zero-order chi connectivity index (χ0) is 18.5. The molecule has 1 N–H and O–H groups in total. The molecule has 1 aromatic carbocycles. The summed E-state index contributed by atoms with van der Waals surface area (Å²) in [6.07, 6.45) is 0. The Labute approximate surface area is 158 Å². The smallest absolute Gasteiger partial charge is 0.232 e. The maximum Gasteiger partial charge on any atom is 0.232 e. The van der Waals surface area contributed by atoms with E-state index in [2.05, 4.69) is 15.3 Å². The fraction of sp³-hybridized carbons (Fsp3) is 0.412. The van der Waals surface area contributed by atoms with Crippen LogP contribution in [-0.4, -0.2) is 41.8 Å². The molecule has 1 aromatic heterocycles. The van der Waals surface area contributed by atoms with E-state index in [0.717, 1.165) is 0 Å². The Bertz CT molecular complexity index is 936. The molecular formula is C17H13Cl2N3O4. The molecule has 2 fully saturated rings. The quantitative estimate of drug-likeness (QED) is 0.471. The minimum absolute atomic E-state index is 0.308. The number of para-hydroxylation sites is 2. The highest BCUT2D eigenvalue weighted by molar-refractivity contribution is 6.36. The Kier molecular flexibility index (Phi) is 2.98. The standard InChI is InChI=1S/C17H13Cl2N3O4/c1-25-17(26-2)15(18)9-10(14(24)22-13(9)23)16(17,19)12-11(15)20-7-5-3-4-6-8(7)21-12/h3-6,9-10H,1-2H3,(H,22,23,24)/t9-,10+,15+,16-. The molecule has 5 rings (SSSR count). The number of halogens is 2. The minimum atomic E-state index is -1.68. The molecule has 0 spiro atoms. The first kappa shape index (κ1) is 16.4. The van der Waals surface area contributed by atoms with Crippen molar-refractivity contribution in [2.75, 3.05) is 14.2 Å². The highest BCUT2D eigenvalue weighted by atomic mass is 35.5. The fourth-order valence-corrected chi connectivity index (χ4v) is 6.23. The predicted octanol–water partition coefficient (Wildman–Crippen LogP) is 1.40. The second-order valence-electron chi connectivity index (χ2n) is 6.67. The monoisotopic (exact) mass is 393 g/mol. The maximum absolute atomic E-state index is 12.6. The molecule has 2 bridgehead atoms. The molecule has 2 aromatic rings. The number of ether oxygens (including phenoxy) is 2. The zero-order valence-corrected chi connectivity index (χ0v) is 15.3. The highest BCUT2D eigenvalue weighted by Gasteiger charge is 2.89. The lowest BCUT2D eigenvalue weighted by atomic mass is 9.80. The van der Waals surface area contributed by atoms with Crippen LogP contribution < -0.4 is 5.32 Å². The number of carbonyl (C=O) groups excluding carboxylic acids is 2. The number of nitrogens with one attached hydrogen (secondary N) is 1. The van der Waals surface area contributed by atoms with Crippen LogP contribution >= 0.6 is 23.2 Å². The molecule has 134 valence electrons. The summed E-state index contributed by atoms with van der Waals surface area (Å²) >= 11 is 14.1. The zero-order valence-electron chi connectivity index (χ0n) is 13.7. The fourth-order valence-electron chi connectivity index (χ4n) is 4.87. The van der Waals surface area contributed by atoms with Gasteiger partial charge in [-0.1, -0.05) is 12.1 Å². The van der Waals surface area contributed by atoms with Crippen LogP contribution in [0.5, 0.6) is 0 Å². The molecule has 2 aliphatic carbocycles. The molecule has 1 saturated heterocycles. The van der Waals surface area contributed by atoms with Crippen LogP contribution in [0.2, 0.25) is 0 Å². The largest absolute Gasteiger partial charge is 0.349 e. The van der Waals surface area contributed by atoms with E-state index >= 15 is 0 Å². The van der Waals surface area contributed by atoms with Gasteiger partial charge in [0.2, 0.25) is 17.6 Å². The summed E-state index contributed by atoms with van der Waals surface area (Å²) < 4.78 is 11.4. The number of rotatable bonds is 2. The average molecular weight is 394 g/mol. The number of hydrogen-bond acceptors (Lipinski definition) is 6. The second-order valence-corrected chi connectivity index (χ2v) is 7.86. The van der Waals surface area contributed by atoms with Gasteiger partial charge in [-0.15, -0.1) is 23.2 Å². The topological polar surface area (TPSA) is 90.4 Å². The van der Waals surface area contributed by atoms with Crippen LogP contribution in [0.3, 0.4) is 0 Å². The molecule has 1 saturated carbocycles. The summed E-state index contributed by atoms with van der Waals surface area (Å²) in [5.41, 5.74) is 1.81. The molecule has 0 unspecified atom stereocenters. The predicted molar refractivity (Wildman–Crippen MR) is 91.5 cm³/mol. The Hall–Kier alpha value is -1.80. The van der Waals surface area contributed by atoms with Gasteiger partial charge in [-0.2, -0.15) is 0 Å². The van der Waals surface area contributed by atoms with Gasteiger partial charge in [-0.05, 0) is 12.1 Å². The van der Waals surface area contributed by atoms with Gasteiger partial charge in [0.1, 0.15) is 0 Å². The van der Waals surface area contributed by atoms with Crippen molar-refractivity contribution in [3.8, 4) is 0 Å². The number of benzene rings is 1. The van der Waals surface area contributed by atoms with Crippen molar-refractivity contribution < 1.29 is 19.1 Å². The number of hydrogen-bond donors (Lipinski definition) is 1. The molecule has 1 aliphatic heterocycles. The summed E-state index contributed by atoms with van der Waals surface area (Å²) in [5, 5.41) is 2.32.